The number of halogens is 4. The Morgan fingerprint density at radius 1 is 0.816 bits per heavy atom. The molecule has 0 amide bonds. The molecule has 38 heavy (non-hydrogen) atoms. The summed E-state index contributed by atoms with van der Waals surface area (Å²) in [5.41, 5.74) is 1.58. The van der Waals surface area contributed by atoms with E-state index in [0.29, 0.717) is 23.7 Å². The molecule has 4 rings (SSSR count). The number of benzene rings is 4. The molecule has 0 spiro atoms. The molecule has 0 bridgehead atoms. The zero-order valence-electron chi connectivity index (χ0n) is 20.6. The Kier molecular flexibility index (Phi) is 7.71. The van der Waals surface area contributed by atoms with Crippen LogP contribution in [0.1, 0.15) is 28.7 Å². The first-order chi connectivity index (χ1) is 18.0. The van der Waals surface area contributed by atoms with Gasteiger partial charge >= 0.3 is 12.1 Å². The third kappa shape index (κ3) is 6.51. The van der Waals surface area contributed by atoms with Crippen LogP contribution in [0, 0.1) is 19.7 Å². The molecule has 0 radical (unpaired) electrons. The van der Waals surface area contributed by atoms with Gasteiger partial charge < -0.3 is 14.6 Å². The highest BCUT2D eigenvalue weighted by Crippen LogP contribution is 2.40. The van der Waals surface area contributed by atoms with Crippen LogP contribution in [0.5, 0.6) is 23.0 Å². The van der Waals surface area contributed by atoms with E-state index in [1.807, 2.05) is 19.9 Å². The predicted molar refractivity (Wildman–Crippen MR) is 135 cm³/mol. The first kappa shape index (κ1) is 26.7. The van der Waals surface area contributed by atoms with Crippen molar-refractivity contribution >= 4 is 5.97 Å². The van der Waals surface area contributed by atoms with Crippen molar-refractivity contribution < 1.29 is 36.9 Å². The summed E-state index contributed by atoms with van der Waals surface area (Å²) < 4.78 is 66.8. The van der Waals surface area contributed by atoms with Gasteiger partial charge in [0.2, 0.25) is 0 Å². The molecule has 0 unspecified atom stereocenters. The quantitative estimate of drug-likeness (QED) is 0.234. The van der Waals surface area contributed by atoms with Crippen molar-refractivity contribution in [2.45, 2.75) is 32.9 Å². The second-order valence-corrected chi connectivity index (χ2v) is 8.86. The minimum Gasteiger partial charge on any atom is -0.481 e. The summed E-state index contributed by atoms with van der Waals surface area (Å²) in [6.07, 6.45) is -4.18. The summed E-state index contributed by atoms with van der Waals surface area (Å²) in [6, 6.07) is 18.9. The van der Waals surface area contributed by atoms with Crippen LogP contribution in [0.25, 0.3) is 11.1 Å². The highest BCUT2D eigenvalue weighted by molar-refractivity contribution is 5.72. The van der Waals surface area contributed by atoms with Crippen molar-refractivity contribution in [1.29, 1.82) is 0 Å². The van der Waals surface area contributed by atoms with Gasteiger partial charge in [-0.25, -0.2) is 4.39 Å². The second-order valence-electron chi connectivity index (χ2n) is 8.86. The molecular formula is C30H24F4O4. The zero-order chi connectivity index (χ0) is 27.4. The van der Waals surface area contributed by atoms with Crippen molar-refractivity contribution in [1.82, 2.24) is 0 Å². The van der Waals surface area contributed by atoms with Gasteiger partial charge in [-0.1, -0.05) is 24.3 Å². The van der Waals surface area contributed by atoms with Gasteiger partial charge in [0.05, 0.1) is 5.56 Å². The number of alkyl halides is 3. The number of carbonyl (C=O) groups is 1. The van der Waals surface area contributed by atoms with Crippen molar-refractivity contribution in [2.24, 2.45) is 0 Å². The van der Waals surface area contributed by atoms with E-state index in [4.69, 9.17) is 14.6 Å². The van der Waals surface area contributed by atoms with E-state index in [0.717, 1.165) is 28.8 Å². The highest BCUT2D eigenvalue weighted by Gasteiger charge is 2.31. The van der Waals surface area contributed by atoms with E-state index >= 15 is 0 Å². The number of carboxylic acid groups (broad SMARTS) is 1. The second kappa shape index (κ2) is 11.0. The molecule has 0 atom stereocenters. The molecular weight excluding hydrogens is 500 g/mol. The van der Waals surface area contributed by atoms with Crippen LogP contribution in [-0.4, -0.2) is 11.1 Å². The Bertz CT molecular complexity index is 1480. The van der Waals surface area contributed by atoms with Crippen LogP contribution in [0.15, 0.2) is 78.9 Å². The third-order valence-electron chi connectivity index (χ3n) is 5.88. The van der Waals surface area contributed by atoms with Crippen molar-refractivity contribution in [3.63, 3.8) is 0 Å². The lowest BCUT2D eigenvalue weighted by molar-refractivity contribution is -0.138. The molecule has 0 fully saturated rings. The van der Waals surface area contributed by atoms with Gasteiger partial charge in [-0.3, -0.25) is 4.79 Å². The smallest absolute Gasteiger partial charge is 0.416 e. The van der Waals surface area contributed by atoms with Gasteiger partial charge in [0, 0.05) is 23.6 Å². The maximum Gasteiger partial charge on any atom is 0.416 e. The average Bonchev–Trinajstić information content (AvgIpc) is 2.83. The largest absolute Gasteiger partial charge is 0.481 e. The van der Waals surface area contributed by atoms with Crippen LogP contribution in [0.2, 0.25) is 0 Å². The number of hydrogen-bond acceptors (Lipinski definition) is 3. The maximum atomic E-state index is 14.6. The van der Waals surface area contributed by atoms with Crippen LogP contribution >= 0.6 is 0 Å². The Labute approximate surface area is 217 Å². The lowest BCUT2D eigenvalue weighted by Crippen LogP contribution is -2.05. The molecule has 0 aromatic heterocycles. The van der Waals surface area contributed by atoms with E-state index in [1.54, 1.807) is 30.3 Å². The van der Waals surface area contributed by atoms with E-state index in [1.165, 1.54) is 30.3 Å². The van der Waals surface area contributed by atoms with E-state index in [-0.39, 0.29) is 23.3 Å². The van der Waals surface area contributed by atoms with Gasteiger partial charge in [-0.2, -0.15) is 13.2 Å². The fourth-order valence-corrected chi connectivity index (χ4v) is 4.03. The van der Waals surface area contributed by atoms with Crippen molar-refractivity contribution in [2.75, 3.05) is 0 Å². The summed E-state index contributed by atoms with van der Waals surface area (Å²) in [6.45, 7) is 3.67. The fourth-order valence-electron chi connectivity index (χ4n) is 4.03. The molecule has 4 aromatic carbocycles. The van der Waals surface area contributed by atoms with E-state index in [9.17, 15) is 22.4 Å². The molecule has 0 saturated carbocycles. The van der Waals surface area contributed by atoms with Gasteiger partial charge in [-0.15, -0.1) is 0 Å². The zero-order valence-corrected chi connectivity index (χ0v) is 20.6. The Morgan fingerprint density at radius 2 is 1.53 bits per heavy atom. The number of carboxylic acids is 1. The molecule has 0 aliphatic heterocycles. The SMILES string of the molecule is Cc1cc(Oc2ccc(CCC(=O)O)c(C)c2)cc(Oc2ccc(C(F)(F)F)cc2-c2ccccc2F)c1. The highest BCUT2D eigenvalue weighted by atomic mass is 19.4. The molecule has 0 aliphatic rings. The summed E-state index contributed by atoms with van der Waals surface area (Å²) in [5.74, 6) is -0.238. The minimum atomic E-state index is -4.61. The minimum absolute atomic E-state index is 0.0174. The first-order valence-corrected chi connectivity index (χ1v) is 11.7. The molecule has 196 valence electrons. The fraction of sp³-hybridized carbons (Fsp3) is 0.167. The Morgan fingerprint density at radius 3 is 2.18 bits per heavy atom. The van der Waals surface area contributed by atoms with Crippen LogP contribution < -0.4 is 9.47 Å². The number of hydrogen-bond donors (Lipinski definition) is 1. The average molecular weight is 525 g/mol. The topological polar surface area (TPSA) is 55.8 Å². The number of ether oxygens (including phenoxy) is 2. The molecule has 1 N–H and O–H groups in total. The van der Waals surface area contributed by atoms with Crippen molar-refractivity contribution in [3.05, 3.63) is 107 Å². The Hall–Kier alpha value is -4.33. The number of aryl methyl sites for hydroxylation is 3. The monoisotopic (exact) mass is 524 g/mol. The van der Waals surface area contributed by atoms with Crippen LogP contribution in [-0.2, 0) is 17.4 Å². The van der Waals surface area contributed by atoms with Crippen LogP contribution in [0.3, 0.4) is 0 Å². The standard InChI is InChI=1S/C30H24F4O4/c1-18-13-23(37-22-10-7-20(19(2)15-22)8-12-29(35)36)17-24(14-18)38-28-11-9-21(30(32,33)34)16-26(28)25-5-3-4-6-27(25)31/h3-7,9-11,13-17H,8,12H2,1-2H3,(H,35,36). The molecule has 4 nitrogen and oxygen atoms in total. The summed E-state index contributed by atoms with van der Waals surface area (Å²) in [7, 11) is 0. The van der Waals surface area contributed by atoms with E-state index in [2.05, 4.69) is 0 Å². The predicted octanol–water partition coefficient (Wildman–Crippen LogP) is 8.73. The number of rotatable bonds is 8. The van der Waals surface area contributed by atoms with Gasteiger partial charge in [0.25, 0.3) is 0 Å². The maximum absolute atomic E-state index is 14.6. The molecule has 0 heterocycles. The third-order valence-corrected chi connectivity index (χ3v) is 5.88. The molecule has 8 heteroatoms. The summed E-state index contributed by atoms with van der Waals surface area (Å²) >= 11 is 0. The van der Waals surface area contributed by atoms with Gasteiger partial charge in [-0.05, 0) is 85.5 Å². The number of aliphatic carboxylic acids is 1. The lowest BCUT2D eigenvalue weighted by Gasteiger charge is -2.16. The van der Waals surface area contributed by atoms with Gasteiger partial charge in [0.1, 0.15) is 28.8 Å². The van der Waals surface area contributed by atoms with Gasteiger partial charge in [0.15, 0.2) is 0 Å². The molecule has 0 aliphatic carbocycles. The summed E-state index contributed by atoms with van der Waals surface area (Å²) in [4.78, 5) is 10.9. The Balaban J connectivity index is 1.64. The molecule has 4 aromatic rings. The summed E-state index contributed by atoms with van der Waals surface area (Å²) in [5, 5.41) is 8.91. The van der Waals surface area contributed by atoms with Crippen LogP contribution in [0.4, 0.5) is 17.6 Å². The lowest BCUT2D eigenvalue weighted by atomic mass is 10.0. The van der Waals surface area contributed by atoms with E-state index < -0.39 is 23.5 Å². The van der Waals surface area contributed by atoms with Crippen molar-refractivity contribution in [3.8, 4) is 34.1 Å². The molecule has 0 saturated heterocycles. The normalized spacial score (nSPS) is 11.3. The first-order valence-electron chi connectivity index (χ1n) is 11.7.